The number of rotatable bonds is 6. The summed E-state index contributed by atoms with van der Waals surface area (Å²) < 4.78 is 24.2. The minimum atomic E-state index is -0.928. The van der Waals surface area contributed by atoms with Gasteiger partial charge in [-0.3, -0.25) is 4.79 Å². The molecule has 22 heavy (non-hydrogen) atoms. The first-order valence-corrected chi connectivity index (χ1v) is 6.44. The average Bonchev–Trinajstić information content (AvgIpc) is 2.93. The normalized spacial score (nSPS) is 11.8. The van der Waals surface area contributed by atoms with Crippen LogP contribution in [0.4, 0.5) is 4.39 Å². The van der Waals surface area contributed by atoms with Crippen molar-refractivity contribution in [1.82, 2.24) is 15.0 Å². The number of carbonyl (C=O) groups is 2. The van der Waals surface area contributed by atoms with E-state index in [4.69, 9.17) is 9.47 Å². The number of nitrogens with zero attached hydrogens (tertiary/aromatic N) is 3. The van der Waals surface area contributed by atoms with E-state index in [0.717, 1.165) is 0 Å². The summed E-state index contributed by atoms with van der Waals surface area (Å²) in [4.78, 5) is 23.6. The smallest absolute Gasteiger partial charge is 0.347 e. The summed E-state index contributed by atoms with van der Waals surface area (Å²) in [5, 5.41) is 7.18. The van der Waals surface area contributed by atoms with E-state index in [-0.39, 0.29) is 5.69 Å². The highest BCUT2D eigenvalue weighted by atomic mass is 19.1. The van der Waals surface area contributed by atoms with Crippen LogP contribution in [0.5, 0.6) is 5.75 Å². The number of aromatic nitrogens is 3. The molecule has 0 radical (unpaired) electrons. The molecule has 0 aliphatic heterocycles. The quantitative estimate of drug-likeness (QED) is 0.588. The van der Waals surface area contributed by atoms with Gasteiger partial charge in [-0.15, -0.1) is 5.10 Å². The average molecular weight is 307 g/mol. The number of hydrogen-bond acceptors (Lipinski definition) is 6. The van der Waals surface area contributed by atoms with Crippen LogP contribution in [0.3, 0.4) is 0 Å². The first-order valence-electron chi connectivity index (χ1n) is 6.44. The zero-order valence-electron chi connectivity index (χ0n) is 12.0. The molecule has 1 aromatic heterocycles. The van der Waals surface area contributed by atoms with Crippen molar-refractivity contribution in [2.24, 2.45) is 7.05 Å². The maximum Gasteiger partial charge on any atom is 0.347 e. The molecule has 1 unspecified atom stereocenters. The third kappa shape index (κ3) is 3.87. The molecule has 0 saturated heterocycles. The fraction of sp³-hybridized carbons (Fsp3) is 0.286. The van der Waals surface area contributed by atoms with E-state index in [2.05, 4.69) is 10.3 Å². The zero-order chi connectivity index (χ0) is 16.1. The van der Waals surface area contributed by atoms with Crippen molar-refractivity contribution < 1.29 is 23.5 Å². The van der Waals surface area contributed by atoms with E-state index in [0.29, 0.717) is 5.75 Å². The first kappa shape index (κ1) is 15.6. The van der Waals surface area contributed by atoms with E-state index >= 15 is 0 Å². The molecule has 1 atom stereocenters. The lowest BCUT2D eigenvalue weighted by atomic mass is 10.3. The van der Waals surface area contributed by atoms with Crippen molar-refractivity contribution in [3.63, 3.8) is 0 Å². The SMILES string of the molecule is CC(Oc1ccc(F)cc1)C(=O)OCC(=O)c1cnnn1C. The summed E-state index contributed by atoms with van der Waals surface area (Å²) in [5.41, 5.74) is 0.236. The Balaban J connectivity index is 1.85. The Morgan fingerprint density at radius 2 is 2.00 bits per heavy atom. The summed E-state index contributed by atoms with van der Waals surface area (Å²) in [5.74, 6) is -1.20. The van der Waals surface area contributed by atoms with Gasteiger partial charge in [0, 0.05) is 7.05 Å². The van der Waals surface area contributed by atoms with Crippen LogP contribution in [-0.2, 0) is 16.6 Å². The van der Waals surface area contributed by atoms with Crippen LogP contribution in [0.2, 0.25) is 0 Å². The Labute approximate surface area is 125 Å². The standard InChI is InChI=1S/C14H14FN3O4/c1-9(22-11-5-3-10(15)4-6-11)14(20)21-8-13(19)12-7-16-17-18(12)2/h3-7,9H,8H2,1-2H3. The van der Waals surface area contributed by atoms with Crippen molar-refractivity contribution in [2.75, 3.05) is 6.61 Å². The molecule has 1 heterocycles. The largest absolute Gasteiger partial charge is 0.479 e. The molecule has 0 aliphatic rings. The fourth-order valence-electron chi connectivity index (χ4n) is 1.64. The lowest BCUT2D eigenvalue weighted by Gasteiger charge is -2.13. The van der Waals surface area contributed by atoms with Gasteiger partial charge in [-0.2, -0.15) is 0 Å². The molecule has 2 aromatic rings. The topological polar surface area (TPSA) is 83.3 Å². The zero-order valence-corrected chi connectivity index (χ0v) is 12.0. The minimum absolute atomic E-state index is 0.236. The molecule has 0 bridgehead atoms. The summed E-state index contributed by atoms with van der Waals surface area (Å²) in [6.45, 7) is 1.04. The highest BCUT2D eigenvalue weighted by molar-refractivity contribution is 5.96. The van der Waals surface area contributed by atoms with Crippen LogP contribution in [0.25, 0.3) is 0 Å². The number of ketones is 1. The van der Waals surface area contributed by atoms with Gasteiger partial charge in [0.05, 0.1) is 6.20 Å². The predicted molar refractivity (Wildman–Crippen MR) is 72.8 cm³/mol. The van der Waals surface area contributed by atoms with Crippen LogP contribution in [0.1, 0.15) is 17.4 Å². The summed E-state index contributed by atoms with van der Waals surface area (Å²) in [7, 11) is 1.56. The fourth-order valence-corrected chi connectivity index (χ4v) is 1.64. The van der Waals surface area contributed by atoms with E-state index in [1.54, 1.807) is 7.05 Å². The van der Waals surface area contributed by atoms with E-state index in [1.807, 2.05) is 0 Å². The number of hydrogen-bond donors (Lipinski definition) is 0. The molecule has 7 nitrogen and oxygen atoms in total. The molecular weight excluding hydrogens is 293 g/mol. The lowest BCUT2D eigenvalue weighted by molar-refractivity contribution is -0.149. The summed E-state index contributed by atoms with van der Waals surface area (Å²) >= 11 is 0. The van der Waals surface area contributed by atoms with Crippen molar-refractivity contribution in [1.29, 1.82) is 0 Å². The van der Waals surface area contributed by atoms with Crippen molar-refractivity contribution in [3.05, 3.63) is 42.0 Å². The van der Waals surface area contributed by atoms with Gasteiger partial charge in [0.1, 0.15) is 17.3 Å². The Bertz CT molecular complexity index is 669. The number of carbonyl (C=O) groups excluding carboxylic acids is 2. The number of halogens is 1. The van der Waals surface area contributed by atoms with Crippen molar-refractivity contribution in [2.45, 2.75) is 13.0 Å². The van der Waals surface area contributed by atoms with Gasteiger partial charge >= 0.3 is 5.97 Å². The van der Waals surface area contributed by atoms with Crippen molar-refractivity contribution >= 4 is 11.8 Å². The molecule has 0 spiro atoms. The van der Waals surface area contributed by atoms with Crippen LogP contribution < -0.4 is 4.74 Å². The third-order valence-electron chi connectivity index (χ3n) is 2.80. The van der Waals surface area contributed by atoms with Gasteiger partial charge in [-0.1, -0.05) is 5.21 Å². The number of ether oxygens (including phenoxy) is 2. The molecule has 8 heteroatoms. The molecule has 0 aliphatic carbocycles. The number of benzene rings is 1. The summed E-state index contributed by atoms with van der Waals surface area (Å²) in [6, 6.07) is 5.22. The first-order chi connectivity index (χ1) is 10.5. The number of esters is 1. The van der Waals surface area contributed by atoms with Gasteiger partial charge in [0.15, 0.2) is 12.7 Å². The van der Waals surface area contributed by atoms with Gasteiger partial charge < -0.3 is 9.47 Å². The monoisotopic (exact) mass is 307 g/mol. The number of Topliss-reactive ketones (excluding diaryl/α,β-unsaturated/α-hetero) is 1. The van der Waals surface area contributed by atoms with E-state index < -0.39 is 30.3 Å². The van der Waals surface area contributed by atoms with Gasteiger partial charge in [0.25, 0.3) is 0 Å². The second kappa shape index (κ2) is 6.79. The Kier molecular flexibility index (Phi) is 4.82. The van der Waals surface area contributed by atoms with Crippen LogP contribution in [-0.4, -0.2) is 39.5 Å². The molecule has 0 saturated carbocycles. The Hall–Kier alpha value is -2.77. The van der Waals surface area contributed by atoms with E-state index in [9.17, 15) is 14.0 Å². The second-order valence-corrected chi connectivity index (χ2v) is 4.49. The molecule has 0 N–H and O–H groups in total. The molecule has 116 valence electrons. The maximum absolute atomic E-state index is 12.8. The van der Waals surface area contributed by atoms with E-state index in [1.165, 1.54) is 42.1 Å². The van der Waals surface area contributed by atoms with Gasteiger partial charge in [0.2, 0.25) is 5.78 Å². The molecule has 0 amide bonds. The highest BCUT2D eigenvalue weighted by Crippen LogP contribution is 2.13. The van der Waals surface area contributed by atoms with Gasteiger partial charge in [-0.05, 0) is 31.2 Å². The highest BCUT2D eigenvalue weighted by Gasteiger charge is 2.19. The minimum Gasteiger partial charge on any atom is -0.479 e. The predicted octanol–water partition coefficient (Wildman–Crippen LogP) is 1.15. The lowest BCUT2D eigenvalue weighted by Crippen LogP contribution is -2.28. The Morgan fingerprint density at radius 1 is 1.32 bits per heavy atom. The number of aryl methyl sites for hydroxylation is 1. The third-order valence-corrected chi connectivity index (χ3v) is 2.80. The molecule has 2 rings (SSSR count). The summed E-state index contributed by atoms with van der Waals surface area (Å²) in [6.07, 6.45) is 0.358. The molecule has 1 aromatic carbocycles. The molecule has 0 fully saturated rings. The van der Waals surface area contributed by atoms with Crippen LogP contribution in [0.15, 0.2) is 30.5 Å². The Morgan fingerprint density at radius 3 is 2.59 bits per heavy atom. The van der Waals surface area contributed by atoms with Gasteiger partial charge in [-0.25, -0.2) is 13.9 Å². The van der Waals surface area contributed by atoms with Crippen LogP contribution >= 0.6 is 0 Å². The van der Waals surface area contributed by atoms with Crippen LogP contribution in [0, 0.1) is 5.82 Å². The second-order valence-electron chi connectivity index (χ2n) is 4.49. The van der Waals surface area contributed by atoms with Crippen molar-refractivity contribution in [3.8, 4) is 5.75 Å². The molecular formula is C14H14FN3O4. The maximum atomic E-state index is 12.8.